The summed E-state index contributed by atoms with van der Waals surface area (Å²) < 4.78 is 5.34. The maximum Gasteiger partial charge on any atom is 0.339 e. The molecule has 1 atom stereocenters. The molecule has 0 bridgehead atoms. The molecule has 0 radical (unpaired) electrons. The van der Waals surface area contributed by atoms with Crippen LogP contribution < -0.4 is 0 Å². The molecular formula is C15H14O2. The summed E-state index contributed by atoms with van der Waals surface area (Å²) in [6.45, 7) is 6.11. The molecular weight excluding hydrogens is 212 g/mol. The van der Waals surface area contributed by atoms with Crippen LogP contribution in [0.4, 0.5) is 0 Å². The molecule has 0 saturated heterocycles. The van der Waals surface area contributed by atoms with Gasteiger partial charge >= 0.3 is 5.97 Å². The van der Waals surface area contributed by atoms with Crippen LogP contribution in [0.1, 0.15) is 40.1 Å². The van der Waals surface area contributed by atoms with Crippen molar-refractivity contribution in [3.8, 4) is 0 Å². The van der Waals surface area contributed by atoms with Gasteiger partial charge in [-0.05, 0) is 42.7 Å². The third-order valence-corrected chi connectivity index (χ3v) is 3.73. The predicted molar refractivity (Wildman–Crippen MR) is 67.3 cm³/mol. The third-order valence-electron chi connectivity index (χ3n) is 3.73. The number of benzene rings is 2. The number of carbonyl (C=O) groups is 1. The number of fused-ring (bicyclic) bond motifs is 3. The zero-order valence-corrected chi connectivity index (χ0v) is 10.2. The first kappa shape index (κ1) is 10.3. The van der Waals surface area contributed by atoms with E-state index >= 15 is 0 Å². The number of cyclic esters (lactones) is 1. The summed E-state index contributed by atoms with van der Waals surface area (Å²) in [6, 6.07) is 8.03. The van der Waals surface area contributed by atoms with E-state index in [-0.39, 0.29) is 12.1 Å². The minimum atomic E-state index is -0.188. The van der Waals surface area contributed by atoms with Gasteiger partial charge < -0.3 is 4.74 Å². The van der Waals surface area contributed by atoms with Crippen LogP contribution in [0, 0.1) is 13.8 Å². The summed E-state index contributed by atoms with van der Waals surface area (Å²) in [6.07, 6.45) is -0.124. The average Bonchev–Trinajstić information content (AvgIpc) is 2.62. The Hall–Kier alpha value is -1.83. The Bertz CT molecular complexity index is 641. The molecule has 2 aromatic carbocycles. The van der Waals surface area contributed by atoms with Crippen LogP contribution in [0.2, 0.25) is 0 Å². The molecule has 0 fully saturated rings. The van der Waals surface area contributed by atoms with Crippen LogP contribution in [0.3, 0.4) is 0 Å². The molecule has 3 rings (SSSR count). The summed E-state index contributed by atoms with van der Waals surface area (Å²) in [5, 5.41) is 2.16. The van der Waals surface area contributed by atoms with Crippen molar-refractivity contribution in [3.05, 3.63) is 46.5 Å². The van der Waals surface area contributed by atoms with Gasteiger partial charge in [0.15, 0.2) is 0 Å². The number of esters is 1. The van der Waals surface area contributed by atoms with Crippen LogP contribution in [0.25, 0.3) is 10.8 Å². The molecule has 2 aromatic rings. The van der Waals surface area contributed by atoms with Crippen molar-refractivity contribution >= 4 is 16.7 Å². The maximum absolute atomic E-state index is 11.9. The molecule has 2 nitrogen and oxygen atoms in total. The van der Waals surface area contributed by atoms with Gasteiger partial charge in [-0.25, -0.2) is 4.79 Å². The Morgan fingerprint density at radius 1 is 1.06 bits per heavy atom. The van der Waals surface area contributed by atoms with Gasteiger partial charge in [-0.2, -0.15) is 0 Å². The van der Waals surface area contributed by atoms with E-state index in [1.807, 2.05) is 25.1 Å². The van der Waals surface area contributed by atoms with Gasteiger partial charge in [0.05, 0.1) is 5.56 Å². The molecule has 0 saturated carbocycles. The Morgan fingerprint density at radius 3 is 2.41 bits per heavy atom. The molecule has 2 heteroatoms. The number of rotatable bonds is 0. The fraction of sp³-hybridized carbons (Fsp3) is 0.267. The van der Waals surface area contributed by atoms with E-state index in [0.29, 0.717) is 0 Å². The van der Waals surface area contributed by atoms with Crippen molar-refractivity contribution in [3.63, 3.8) is 0 Å². The fourth-order valence-electron chi connectivity index (χ4n) is 2.77. The molecule has 0 spiro atoms. The van der Waals surface area contributed by atoms with Gasteiger partial charge in [-0.1, -0.05) is 24.3 Å². The summed E-state index contributed by atoms with van der Waals surface area (Å²) in [5.41, 5.74) is 4.24. The molecule has 1 aliphatic rings. The highest BCUT2D eigenvalue weighted by Crippen LogP contribution is 2.39. The Kier molecular flexibility index (Phi) is 2.02. The molecule has 17 heavy (non-hydrogen) atoms. The topological polar surface area (TPSA) is 26.3 Å². The van der Waals surface area contributed by atoms with Gasteiger partial charge in [-0.15, -0.1) is 0 Å². The van der Waals surface area contributed by atoms with E-state index in [1.165, 1.54) is 11.1 Å². The Labute approximate surface area is 100 Å². The molecule has 0 aliphatic carbocycles. The van der Waals surface area contributed by atoms with Crippen LogP contribution in [0.15, 0.2) is 24.3 Å². The summed E-state index contributed by atoms with van der Waals surface area (Å²) in [5.74, 6) is -0.188. The monoisotopic (exact) mass is 226 g/mol. The molecule has 1 aliphatic heterocycles. The van der Waals surface area contributed by atoms with Crippen molar-refractivity contribution in [2.45, 2.75) is 26.9 Å². The number of hydrogen-bond acceptors (Lipinski definition) is 2. The lowest BCUT2D eigenvalue weighted by Crippen LogP contribution is -1.98. The summed E-state index contributed by atoms with van der Waals surface area (Å²) >= 11 is 0. The lowest BCUT2D eigenvalue weighted by Gasteiger charge is -2.12. The summed E-state index contributed by atoms with van der Waals surface area (Å²) in [7, 11) is 0. The SMILES string of the molecule is Cc1c2c(c3ccccc3c1C)C(=O)OC2C. The van der Waals surface area contributed by atoms with Crippen LogP contribution in [-0.4, -0.2) is 5.97 Å². The van der Waals surface area contributed by atoms with Gasteiger partial charge in [0.1, 0.15) is 6.10 Å². The summed E-state index contributed by atoms with van der Waals surface area (Å²) in [4.78, 5) is 11.9. The van der Waals surface area contributed by atoms with Crippen molar-refractivity contribution in [1.82, 2.24) is 0 Å². The Morgan fingerprint density at radius 2 is 1.71 bits per heavy atom. The molecule has 0 N–H and O–H groups in total. The minimum absolute atomic E-state index is 0.124. The smallest absolute Gasteiger partial charge is 0.339 e. The highest BCUT2D eigenvalue weighted by Gasteiger charge is 2.32. The van der Waals surface area contributed by atoms with Crippen LogP contribution in [0.5, 0.6) is 0 Å². The fourth-order valence-corrected chi connectivity index (χ4v) is 2.77. The standard InChI is InChI=1S/C15H14O2/c1-8-9(2)13-10(3)17-15(16)14(13)12-7-5-4-6-11(8)12/h4-7,10H,1-3H3. The van der Waals surface area contributed by atoms with Crippen LogP contribution >= 0.6 is 0 Å². The molecule has 1 heterocycles. The maximum atomic E-state index is 11.9. The molecule has 1 unspecified atom stereocenters. The second kappa shape index (κ2) is 3.33. The number of aryl methyl sites for hydroxylation is 1. The van der Waals surface area contributed by atoms with Gasteiger partial charge in [0, 0.05) is 5.56 Å². The van der Waals surface area contributed by atoms with E-state index in [1.54, 1.807) is 0 Å². The second-order valence-electron chi connectivity index (χ2n) is 4.63. The van der Waals surface area contributed by atoms with Gasteiger partial charge in [-0.3, -0.25) is 0 Å². The minimum Gasteiger partial charge on any atom is -0.454 e. The second-order valence-corrected chi connectivity index (χ2v) is 4.63. The van der Waals surface area contributed by atoms with Crippen molar-refractivity contribution in [1.29, 1.82) is 0 Å². The van der Waals surface area contributed by atoms with Crippen molar-refractivity contribution in [2.75, 3.05) is 0 Å². The van der Waals surface area contributed by atoms with E-state index in [2.05, 4.69) is 19.9 Å². The van der Waals surface area contributed by atoms with Crippen LogP contribution in [-0.2, 0) is 4.74 Å². The predicted octanol–water partition coefficient (Wildman–Crippen LogP) is 3.69. The third kappa shape index (κ3) is 1.24. The van der Waals surface area contributed by atoms with E-state index in [9.17, 15) is 4.79 Å². The number of hydrogen-bond donors (Lipinski definition) is 0. The van der Waals surface area contributed by atoms with E-state index in [4.69, 9.17) is 4.74 Å². The average molecular weight is 226 g/mol. The lowest BCUT2D eigenvalue weighted by molar-refractivity contribution is 0.0422. The lowest BCUT2D eigenvalue weighted by atomic mass is 9.90. The van der Waals surface area contributed by atoms with Gasteiger partial charge in [0.2, 0.25) is 0 Å². The zero-order chi connectivity index (χ0) is 12.2. The van der Waals surface area contributed by atoms with E-state index in [0.717, 1.165) is 21.9 Å². The first-order valence-electron chi connectivity index (χ1n) is 5.84. The van der Waals surface area contributed by atoms with Crippen molar-refractivity contribution < 1.29 is 9.53 Å². The normalized spacial score (nSPS) is 18.3. The molecule has 0 aromatic heterocycles. The highest BCUT2D eigenvalue weighted by atomic mass is 16.5. The zero-order valence-electron chi connectivity index (χ0n) is 10.2. The van der Waals surface area contributed by atoms with E-state index < -0.39 is 0 Å². The largest absolute Gasteiger partial charge is 0.454 e. The van der Waals surface area contributed by atoms with Gasteiger partial charge in [0.25, 0.3) is 0 Å². The first-order chi connectivity index (χ1) is 8.11. The molecule has 0 amide bonds. The highest BCUT2D eigenvalue weighted by molar-refractivity contribution is 6.09. The van der Waals surface area contributed by atoms with Crippen molar-refractivity contribution in [2.24, 2.45) is 0 Å². The number of carbonyl (C=O) groups excluding carboxylic acids is 1. The number of ether oxygens (including phenoxy) is 1. The molecule has 86 valence electrons. The quantitative estimate of drug-likeness (QED) is 0.640. The Balaban J connectivity index is 2.55. The first-order valence-corrected chi connectivity index (χ1v) is 5.84.